The first-order valence-corrected chi connectivity index (χ1v) is 9.81. The molecule has 1 unspecified atom stereocenters. The topological polar surface area (TPSA) is 43.4 Å². The highest BCUT2D eigenvalue weighted by atomic mass is 16.5. The summed E-state index contributed by atoms with van der Waals surface area (Å²) in [6.45, 7) is 1.54. The van der Waals surface area contributed by atoms with Gasteiger partial charge in [0.15, 0.2) is 0 Å². The zero-order valence-corrected chi connectivity index (χ0v) is 16.2. The molecule has 3 nitrogen and oxygen atoms in total. The summed E-state index contributed by atoms with van der Waals surface area (Å²) < 4.78 is 5.39. The molecule has 1 aliphatic carbocycles. The van der Waals surface area contributed by atoms with E-state index >= 15 is 0 Å². The van der Waals surface area contributed by atoms with Gasteiger partial charge in [-0.1, -0.05) is 48.5 Å². The van der Waals surface area contributed by atoms with Crippen LogP contribution >= 0.6 is 0 Å². The molecular formula is C24H28O3. The SMILES string of the molecule is COc1ccccc1CC(C(C)=O)C(=O)[C@H]1CC[C@H](c2ccccc2)CC1. The minimum Gasteiger partial charge on any atom is -0.496 e. The van der Waals surface area contributed by atoms with E-state index in [4.69, 9.17) is 4.74 Å². The predicted molar refractivity (Wildman–Crippen MR) is 107 cm³/mol. The van der Waals surface area contributed by atoms with Crippen molar-refractivity contribution in [1.82, 2.24) is 0 Å². The number of rotatable bonds is 7. The van der Waals surface area contributed by atoms with Crippen molar-refractivity contribution in [3.63, 3.8) is 0 Å². The van der Waals surface area contributed by atoms with E-state index in [0.717, 1.165) is 37.0 Å². The van der Waals surface area contributed by atoms with Gasteiger partial charge < -0.3 is 4.74 Å². The van der Waals surface area contributed by atoms with Crippen molar-refractivity contribution in [2.75, 3.05) is 7.11 Å². The van der Waals surface area contributed by atoms with Crippen molar-refractivity contribution in [3.8, 4) is 5.75 Å². The predicted octanol–water partition coefficient (Wildman–Crippen LogP) is 4.99. The number of carbonyl (C=O) groups excluding carboxylic acids is 2. The van der Waals surface area contributed by atoms with Crippen LogP contribution in [-0.2, 0) is 16.0 Å². The Morgan fingerprint density at radius 1 is 0.963 bits per heavy atom. The third kappa shape index (κ3) is 4.65. The van der Waals surface area contributed by atoms with E-state index in [1.807, 2.05) is 30.3 Å². The van der Waals surface area contributed by atoms with Crippen LogP contribution in [0.1, 0.15) is 49.7 Å². The van der Waals surface area contributed by atoms with Gasteiger partial charge in [0.05, 0.1) is 13.0 Å². The van der Waals surface area contributed by atoms with E-state index in [1.165, 1.54) is 12.5 Å². The zero-order valence-electron chi connectivity index (χ0n) is 16.2. The Bertz CT molecular complexity index is 773. The number of para-hydroxylation sites is 1. The average Bonchev–Trinajstić information content (AvgIpc) is 2.72. The van der Waals surface area contributed by atoms with Crippen LogP contribution in [0.3, 0.4) is 0 Å². The first-order chi connectivity index (χ1) is 13.1. The molecule has 0 aliphatic heterocycles. The molecule has 2 aromatic carbocycles. The molecule has 3 rings (SSSR count). The molecule has 1 atom stereocenters. The molecule has 0 bridgehead atoms. The number of benzene rings is 2. The van der Waals surface area contributed by atoms with E-state index in [0.29, 0.717) is 12.3 Å². The Labute approximate surface area is 161 Å². The Hall–Kier alpha value is -2.42. The van der Waals surface area contributed by atoms with Crippen molar-refractivity contribution in [1.29, 1.82) is 0 Å². The largest absolute Gasteiger partial charge is 0.496 e. The summed E-state index contributed by atoms with van der Waals surface area (Å²) in [6, 6.07) is 18.2. The van der Waals surface area contributed by atoms with Gasteiger partial charge in [0.25, 0.3) is 0 Å². The molecule has 3 heteroatoms. The molecule has 0 saturated heterocycles. The van der Waals surface area contributed by atoms with Crippen LogP contribution in [0.2, 0.25) is 0 Å². The minimum atomic E-state index is -0.570. The van der Waals surface area contributed by atoms with Crippen LogP contribution in [0.5, 0.6) is 5.75 Å². The maximum atomic E-state index is 13.1. The fraction of sp³-hybridized carbons (Fsp3) is 0.417. The summed E-state index contributed by atoms with van der Waals surface area (Å²) >= 11 is 0. The molecular weight excluding hydrogens is 336 g/mol. The molecule has 0 radical (unpaired) electrons. The van der Waals surface area contributed by atoms with Gasteiger partial charge in [-0.2, -0.15) is 0 Å². The van der Waals surface area contributed by atoms with Crippen LogP contribution in [0.15, 0.2) is 54.6 Å². The van der Waals surface area contributed by atoms with Crippen LogP contribution in [0, 0.1) is 11.8 Å². The van der Waals surface area contributed by atoms with Crippen molar-refractivity contribution >= 4 is 11.6 Å². The Balaban J connectivity index is 1.66. The summed E-state index contributed by atoms with van der Waals surface area (Å²) in [4.78, 5) is 25.4. The fourth-order valence-electron chi connectivity index (χ4n) is 4.26. The van der Waals surface area contributed by atoms with Crippen LogP contribution in [0.25, 0.3) is 0 Å². The van der Waals surface area contributed by atoms with E-state index in [1.54, 1.807) is 7.11 Å². The molecule has 2 aromatic rings. The Kier molecular flexibility index (Phi) is 6.44. The number of hydrogen-bond acceptors (Lipinski definition) is 3. The molecule has 0 N–H and O–H groups in total. The summed E-state index contributed by atoms with van der Waals surface area (Å²) in [7, 11) is 1.62. The molecule has 0 amide bonds. The average molecular weight is 364 g/mol. The lowest BCUT2D eigenvalue weighted by molar-refractivity contribution is -0.134. The second kappa shape index (κ2) is 8.98. The monoisotopic (exact) mass is 364 g/mol. The third-order valence-electron chi connectivity index (χ3n) is 5.85. The van der Waals surface area contributed by atoms with Gasteiger partial charge >= 0.3 is 0 Å². The number of ketones is 2. The van der Waals surface area contributed by atoms with E-state index < -0.39 is 5.92 Å². The van der Waals surface area contributed by atoms with Gasteiger partial charge in [-0.3, -0.25) is 9.59 Å². The number of Topliss-reactive ketones (excluding diaryl/α,β-unsaturated/α-hetero) is 2. The molecule has 0 aromatic heterocycles. The van der Waals surface area contributed by atoms with Crippen molar-refractivity contribution in [2.24, 2.45) is 11.8 Å². The minimum absolute atomic E-state index is 0.00595. The zero-order chi connectivity index (χ0) is 19.2. The van der Waals surface area contributed by atoms with Gasteiger partial charge in [-0.25, -0.2) is 0 Å². The Morgan fingerprint density at radius 2 is 1.59 bits per heavy atom. The highest BCUT2D eigenvalue weighted by Gasteiger charge is 2.33. The van der Waals surface area contributed by atoms with Crippen LogP contribution < -0.4 is 4.74 Å². The lowest BCUT2D eigenvalue weighted by atomic mass is 9.73. The fourth-order valence-corrected chi connectivity index (χ4v) is 4.26. The van der Waals surface area contributed by atoms with Gasteiger partial charge in [-0.15, -0.1) is 0 Å². The van der Waals surface area contributed by atoms with Gasteiger partial charge in [0.2, 0.25) is 0 Å². The number of ether oxygens (including phenoxy) is 1. The summed E-state index contributed by atoms with van der Waals surface area (Å²) in [5.41, 5.74) is 2.28. The Morgan fingerprint density at radius 3 is 2.22 bits per heavy atom. The molecule has 1 fully saturated rings. The van der Waals surface area contributed by atoms with E-state index in [9.17, 15) is 9.59 Å². The molecule has 0 heterocycles. The summed E-state index contributed by atoms with van der Waals surface area (Å²) in [5, 5.41) is 0. The third-order valence-corrected chi connectivity index (χ3v) is 5.85. The maximum absolute atomic E-state index is 13.1. The van der Waals surface area contributed by atoms with E-state index in [-0.39, 0.29) is 17.5 Å². The van der Waals surface area contributed by atoms with Crippen molar-refractivity contribution < 1.29 is 14.3 Å². The van der Waals surface area contributed by atoms with Gasteiger partial charge in [0.1, 0.15) is 17.3 Å². The second-order valence-electron chi connectivity index (χ2n) is 7.54. The number of carbonyl (C=O) groups is 2. The van der Waals surface area contributed by atoms with Crippen LogP contribution in [0.4, 0.5) is 0 Å². The number of hydrogen-bond donors (Lipinski definition) is 0. The first-order valence-electron chi connectivity index (χ1n) is 9.81. The second-order valence-corrected chi connectivity index (χ2v) is 7.54. The summed E-state index contributed by atoms with van der Waals surface area (Å²) in [5.74, 6) is 0.758. The number of methoxy groups -OCH3 is 1. The lowest BCUT2D eigenvalue weighted by Crippen LogP contribution is -2.32. The van der Waals surface area contributed by atoms with E-state index in [2.05, 4.69) is 24.3 Å². The lowest BCUT2D eigenvalue weighted by Gasteiger charge is -2.30. The quantitative estimate of drug-likeness (QED) is 0.650. The molecule has 1 aliphatic rings. The molecule has 27 heavy (non-hydrogen) atoms. The summed E-state index contributed by atoms with van der Waals surface area (Å²) in [6.07, 6.45) is 4.19. The van der Waals surface area contributed by atoms with Gasteiger partial charge in [-0.05, 0) is 62.1 Å². The maximum Gasteiger partial charge on any atom is 0.146 e. The van der Waals surface area contributed by atoms with Crippen LogP contribution in [-0.4, -0.2) is 18.7 Å². The smallest absolute Gasteiger partial charge is 0.146 e. The van der Waals surface area contributed by atoms with Crippen molar-refractivity contribution in [3.05, 3.63) is 65.7 Å². The molecule has 0 spiro atoms. The van der Waals surface area contributed by atoms with Gasteiger partial charge in [0, 0.05) is 5.92 Å². The normalized spacial score (nSPS) is 20.7. The molecule has 142 valence electrons. The standard InChI is InChI=1S/C24H28O3/c1-17(25)22(16-21-10-6-7-11-23(21)27-2)24(26)20-14-12-19(13-15-20)18-8-4-3-5-9-18/h3-11,19-20,22H,12-16H2,1-2H3/t19-,20-,22?. The molecule has 1 saturated carbocycles. The highest BCUT2D eigenvalue weighted by Crippen LogP contribution is 2.37. The first kappa shape index (κ1) is 19.3. The highest BCUT2D eigenvalue weighted by molar-refractivity contribution is 6.02. The van der Waals surface area contributed by atoms with Crippen molar-refractivity contribution in [2.45, 2.75) is 44.9 Å².